The number of carbonyl (C=O) groups is 2. The summed E-state index contributed by atoms with van der Waals surface area (Å²) in [5.74, 6) is -0.454. The first kappa shape index (κ1) is 18.0. The maximum atomic E-state index is 13.0. The lowest BCUT2D eigenvalue weighted by Crippen LogP contribution is -2.46. The van der Waals surface area contributed by atoms with Crippen LogP contribution in [0.3, 0.4) is 0 Å². The van der Waals surface area contributed by atoms with Crippen LogP contribution in [0.5, 0.6) is 0 Å². The number of nitrogens with one attached hydrogen (secondary N) is 1. The Balaban J connectivity index is 1.60. The molecule has 11 heteroatoms. The van der Waals surface area contributed by atoms with Gasteiger partial charge in [-0.25, -0.2) is 9.67 Å². The summed E-state index contributed by atoms with van der Waals surface area (Å²) < 4.78 is 41.9. The van der Waals surface area contributed by atoms with Crippen molar-refractivity contribution < 1.29 is 22.8 Å². The number of rotatable bonds is 2. The number of pyridine rings is 1. The molecule has 1 aliphatic heterocycles. The molecule has 1 atom stereocenters. The molecule has 0 saturated heterocycles. The molecule has 0 bridgehead atoms. The second kappa shape index (κ2) is 6.36. The molecule has 4 rings (SSSR count). The number of fused-ring (bicyclic) bond motifs is 2. The minimum Gasteiger partial charge on any atom is -0.339 e. The van der Waals surface area contributed by atoms with Gasteiger partial charge in [-0.3, -0.25) is 14.5 Å². The van der Waals surface area contributed by atoms with Crippen molar-refractivity contribution in [1.82, 2.24) is 24.5 Å². The normalized spacial score (nSPS) is 17.5. The molecule has 8 nitrogen and oxygen atoms in total. The minimum atomic E-state index is -4.54. The number of carbonyl (C=O) groups excluding carboxylic acids is 2. The predicted octanol–water partition coefficient (Wildman–Crippen LogP) is 1.71. The molecule has 0 aliphatic carbocycles. The average molecular weight is 392 g/mol. The van der Waals surface area contributed by atoms with E-state index in [4.69, 9.17) is 0 Å². The molecule has 0 spiro atoms. The number of nitrogens with zero attached hydrogens (tertiary/aromatic N) is 5. The van der Waals surface area contributed by atoms with Crippen molar-refractivity contribution >= 4 is 23.1 Å². The van der Waals surface area contributed by atoms with Crippen LogP contribution in [0.25, 0.3) is 5.52 Å². The number of hydrogen-bond acceptors (Lipinski definition) is 4. The number of anilines is 1. The van der Waals surface area contributed by atoms with E-state index in [1.807, 2.05) is 0 Å². The van der Waals surface area contributed by atoms with Gasteiger partial charge in [0.2, 0.25) is 0 Å². The fourth-order valence-corrected chi connectivity index (χ4v) is 3.20. The third-order valence-electron chi connectivity index (χ3n) is 4.68. The molecule has 3 aromatic rings. The summed E-state index contributed by atoms with van der Waals surface area (Å²) in [7, 11) is 1.57. The van der Waals surface area contributed by atoms with Crippen molar-refractivity contribution in [3.8, 4) is 0 Å². The molecule has 3 aromatic heterocycles. The average Bonchev–Trinajstić information content (AvgIpc) is 3.26. The number of aryl methyl sites for hydroxylation is 1. The molecule has 146 valence electrons. The molecule has 1 aliphatic rings. The largest absolute Gasteiger partial charge is 0.416 e. The summed E-state index contributed by atoms with van der Waals surface area (Å²) in [5.41, 5.74) is -1.05. The quantitative estimate of drug-likeness (QED) is 0.720. The molecule has 2 amide bonds. The van der Waals surface area contributed by atoms with E-state index >= 15 is 0 Å². The Morgan fingerprint density at radius 3 is 2.86 bits per heavy atom. The van der Waals surface area contributed by atoms with Crippen LogP contribution in [0.4, 0.5) is 19.0 Å². The number of halogens is 3. The molecule has 0 saturated carbocycles. The molecule has 0 radical (unpaired) electrons. The van der Waals surface area contributed by atoms with Gasteiger partial charge in [-0.15, -0.1) is 0 Å². The van der Waals surface area contributed by atoms with E-state index in [2.05, 4.69) is 15.4 Å². The van der Waals surface area contributed by atoms with Crippen LogP contribution in [-0.4, -0.2) is 44.1 Å². The van der Waals surface area contributed by atoms with Gasteiger partial charge in [0.05, 0.1) is 17.3 Å². The van der Waals surface area contributed by atoms with E-state index in [1.54, 1.807) is 24.0 Å². The summed E-state index contributed by atoms with van der Waals surface area (Å²) in [5, 5.41) is 6.71. The van der Waals surface area contributed by atoms with Gasteiger partial charge in [-0.2, -0.15) is 18.3 Å². The molecule has 28 heavy (non-hydrogen) atoms. The Morgan fingerprint density at radius 2 is 2.11 bits per heavy atom. The predicted molar refractivity (Wildman–Crippen MR) is 91.7 cm³/mol. The Kier molecular flexibility index (Phi) is 4.09. The van der Waals surface area contributed by atoms with Gasteiger partial charge in [0.1, 0.15) is 18.2 Å². The van der Waals surface area contributed by atoms with Crippen LogP contribution in [0.15, 0.2) is 36.9 Å². The summed E-state index contributed by atoms with van der Waals surface area (Å²) >= 11 is 0. The van der Waals surface area contributed by atoms with Crippen molar-refractivity contribution in [1.29, 1.82) is 0 Å². The second-order valence-electron chi connectivity index (χ2n) is 6.42. The number of hydrogen-bond donors (Lipinski definition) is 1. The topological polar surface area (TPSA) is 84.5 Å². The highest BCUT2D eigenvalue weighted by Crippen LogP contribution is 2.30. The van der Waals surface area contributed by atoms with Crippen LogP contribution in [0.2, 0.25) is 0 Å². The molecule has 0 aromatic carbocycles. The monoisotopic (exact) mass is 392 g/mol. The summed E-state index contributed by atoms with van der Waals surface area (Å²) in [6.45, 7) is 0.408. The third kappa shape index (κ3) is 2.98. The van der Waals surface area contributed by atoms with Crippen molar-refractivity contribution in [2.24, 2.45) is 0 Å². The first-order valence-electron chi connectivity index (χ1n) is 8.40. The summed E-state index contributed by atoms with van der Waals surface area (Å²) in [4.78, 5) is 30.6. The lowest BCUT2D eigenvalue weighted by Gasteiger charge is -2.20. The fourth-order valence-electron chi connectivity index (χ4n) is 3.20. The number of likely N-dealkylation sites (N-methyl/N-ethyl adjacent to an activating group) is 1. The highest BCUT2D eigenvalue weighted by molar-refractivity contribution is 6.04. The number of amides is 2. The van der Waals surface area contributed by atoms with Crippen LogP contribution < -0.4 is 10.2 Å². The van der Waals surface area contributed by atoms with Crippen LogP contribution in [0, 0.1) is 0 Å². The lowest BCUT2D eigenvalue weighted by atomic mass is 10.1. The maximum Gasteiger partial charge on any atom is 0.416 e. The van der Waals surface area contributed by atoms with E-state index < -0.39 is 23.7 Å². The lowest BCUT2D eigenvalue weighted by molar-refractivity contribution is -0.137. The van der Waals surface area contributed by atoms with Gasteiger partial charge < -0.3 is 9.72 Å². The number of aromatic nitrogens is 4. The Hall–Kier alpha value is -3.37. The van der Waals surface area contributed by atoms with E-state index in [0.29, 0.717) is 18.8 Å². The third-order valence-corrected chi connectivity index (χ3v) is 4.68. The maximum absolute atomic E-state index is 13.0. The van der Waals surface area contributed by atoms with Crippen LogP contribution in [-0.2, 0) is 17.5 Å². The standard InChI is InChI=1S/C17H15F3N6O2/c1-24-13-2-5-22-26(13)7-4-11(16(24)28)23-15(27)14-12-8-10(17(18,19)20)3-6-25(12)9-21-14/h2-3,5-6,8-9,11H,4,7H2,1H3,(H,23,27)/t11-/m0/s1. The van der Waals surface area contributed by atoms with Crippen molar-refractivity contribution in [2.45, 2.75) is 25.2 Å². The number of imidazole rings is 1. The molecule has 1 N–H and O–H groups in total. The van der Waals surface area contributed by atoms with Crippen molar-refractivity contribution in [3.63, 3.8) is 0 Å². The van der Waals surface area contributed by atoms with E-state index in [9.17, 15) is 22.8 Å². The Labute approximate surface area is 156 Å². The van der Waals surface area contributed by atoms with E-state index in [0.717, 1.165) is 12.1 Å². The SMILES string of the molecule is CN1C(=O)[C@@H](NC(=O)c2ncn3ccc(C(F)(F)F)cc23)CCn2nccc21. The van der Waals surface area contributed by atoms with Crippen LogP contribution in [0.1, 0.15) is 22.5 Å². The Morgan fingerprint density at radius 1 is 1.32 bits per heavy atom. The summed E-state index contributed by atoms with van der Waals surface area (Å²) in [6, 6.07) is 2.60. The molecule has 4 heterocycles. The fraction of sp³-hybridized carbons (Fsp3) is 0.294. The zero-order valence-corrected chi connectivity index (χ0v) is 14.6. The summed E-state index contributed by atoms with van der Waals surface area (Å²) in [6.07, 6.45) is -0.233. The molecular weight excluding hydrogens is 377 g/mol. The second-order valence-corrected chi connectivity index (χ2v) is 6.42. The smallest absolute Gasteiger partial charge is 0.339 e. The van der Waals surface area contributed by atoms with Gasteiger partial charge in [-0.1, -0.05) is 0 Å². The van der Waals surface area contributed by atoms with E-state index in [-0.39, 0.29) is 17.1 Å². The molecular formula is C17H15F3N6O2. The first-order valence-corrected chi connectivity index (χ1v) is 8.40. The minimum absolute atomic E-state index is 0.00896. The van der Waals surface area contributed by atoms with Crippen molar-refractivity contribution in [3.05, 3.63) is 48.2 Å². The van der Waals surface area contributed by atoms with Gasteiger partial charge in [-0.05, 0) is 18.6 Å². The van der Waals surface area contributed by atoms with Gasteiger partial charge >= 0.3 is 6.18 Å². The highest BCUT2D eigenvalue weighted by atomic mass is 19.4. The zero-order valence-electron chi connectivity index (χ0n) is 14.6. The van der Waals surface area contributed by atoms with Crippen LogP contribution >= 0.6 is 0 Å². The first-order chi connectivity index (χ1) is 13.3. The molecule has 0 fully saturated rings. The zero-order chi connectivity index (χ0) is 20.1. The van der Waals surface area contributed by atoms with Gasteiger partial charge in [0, 0.05) is 25.9 Å². The van der Waals surface area contributed by atoms with Gasteiger partial charge in [0.15, 0.2) is 5.69 Å². The molecule has 0 unspecified atom stereocenters. The van der Waals surface area contributed by atoms with E-state index in [1.165, 1.54) is 21.8 Å². The van der Waals surface area contributed by atoms with Crippen molar-refractivity contribution in [2.75, 3.05) is 11.9 Å². The Bertz CT molecular complexity index is 1070. The highest BCUT2D eigenvalue weighted by Gasteiger charge is 2.33. The van der Waals surface area contributed by atoms with Gasteiger partial charge in [0.25, 0.3) is 11.8 Å². The number of alkyl halides is 3.